The molecular weight excluding hydrogens is 172 g/mol. The van der Waals surface area contributed by atoms with Gasteiger partial charge in [-0.1, -0.05) is 6.92 Å². The molecule has 0 aliphatic rings. The van der Waals surface area contributed by atoms with Gasteiger partial charge in [0.2, 0.25) is 5.91 Å². The molecule has 0 radical (unpaired) electrons. The van der Waals surface area contributed by atoms with Crippen LogP contribution in [0.15, 0.2) is 0 Å². The molecule has 0 saturated heterocycles. The van der Waals surface area contributed by atoms with Crippen molar-refractivity contribution in [3.8, 4) is 6.07 Å². The molecule has 0 aliphatic heterocycles. The molecule has 5 heteroatoms. The maximum Gasteiger partial charge on any atom is 0.325 e. The number of hydrogen-bond donors (Lipinski definition) is 1. The fourth-order valence-corrected chi connectivity index (χ4v) is 0.690. The summed E-state index contributed by atoms with van der Waals surface area (Å²) in [5, 5.41) is 10.8. The number of ether oxygens (including phenoxy) is 1. The van der Waals surface area contributed by atoms with E-state index in [4.69, 9.17) is 5.26 Å². The van der Waals surface area contributed by atoms with Gasteiger partial charge in [0.25, 0.3) is 0 Å². The van der Waals surface area contributed by atoms with E-state index in [0.29, 0.717) is 6.42 Å². The summed E-state index contributed by atoms with van der Waals surface area (Å²) in [6.07, 6.45) is 0.434. The molecule has 0 fully saturated rings. The zero-order valence-electron chi connectivity index (χ0n) is 7.66. The highest BCUT2D eigenvalue weighted by Gasteiger charge is 2.15. The lowest BCUT2D eigenvalue weighted by molar-refractivity contribution is -0.141. The van der Waals surface area contributed by atoms with Crippen LogP contribution in [0.1, 0.15) is 13.3 Å². The molecule has 0 aromatic carbocycles. The molecule has 1 unspecified atom stereocenters. The van der Waals surface area contributed by atoms with Gasteiger partial charge in [0.05, 0.1) is 13.2 Å². The number of nitrogens with one attached hydrogen (secondary N) is 1. The van der Waals surface area contributed by atoms with Gasteiger partial charge in [0, 0.05) is 0 Å². The summed E-state index contributed by atoms with van der Waals surface area (Å²) in [5.41, 5.74) is 0. The Hall–Kier alpha value is -1.57. The van der Waals surface area contributed by atoms with Crippen LogP contribution >= 0.6 is 0 Å². The third kappa shape index (κ3) is 4.11. The van der Waals surface area contributed by atoms with Crippen LogP contribution in [0, 0.1) is 17.2 Å². The molecule has 5 nitrogen and oxygen atoms in total. The Morgan fingerprint density at radius 1 is 1.62 bits per heavy atom. The number of rotatable bonds is 4. The van der Waals surface area contributed by atoms with Gasteiger partial charge < -0.3 is 10.1 Å². The molecular formula is C8H12N2O3. The Morgan fingerprint density at radius 3 is 2.62 bits per heavy atom. The maximum atomic E-state index is 11.1. The van der Waals surface area contributed by atoms with Gasteiger partial charge in [-0.3, -0.25) is 9.59 Å². The number of nitriles is 1. The van der Waals surface area contributed by atoms with Gasteiger partial charge >= 0.3 is 5.97 Å². The van der Waals surface area contributed by atoms with Crippen molar-refractivity contribution in [2.24, 2.45) is 5.92 Å². The third-order valence-electron chi connectivity index (χ3n) is 1.52. The third-order valence-corrected chi connectivity index (χ3v) is 1.52. The minimum absolute atomic E-state index is 0.187. The second-order valence-electron chi connectivity index (χ2n) is 2.38. The van der Waals surface area contributed by atoms with E-state index in [1.807, 2.05) is 6.07 Å². The summed E-state index contributed by atoms with van der Waals surface area (Å²) in [5.74, 6) is -1.65. The maximum absolute atomic E-state index is 11.1. The van der Waals surface area contributed by atoms with E-state index in [9.17, 15) is 9.59 Å². The Labute approximate surface area is 76.7 Å². The minimum Gasteiger partial charge on any atom is -0.468 e. The lowest BCUT2D eigenvalue weighted by Crippen LogP contribution is -2.34. The van der Waals surface area contributed by atoms with Crippen molar-refractivity contribution in [3.63, 3.8) is 0 Å². The zero-order chi connectivity index (χ0) is 10.3. The Bertz CT molecular complexity index is 232. The van der Waals surface area contributed by atoms with Crippen LogP contribution in [-0.2, 0) is 14.3 Å². The smallest absolute Gasteiger partial charge is 0.325 e. The number of hydrogen-bond acceptors (Lipinski definition) is 4. The van der Waals surface area contributed by atoms with Crippen LogP contribution < -0.4 is 5.32 Å². The summed E-state index contributed by atoms with van der Waals surface area (Å²) >= 11 is 0. The molecule has 0 aromatic rings. The van der Waals surface area contributed by atoms with Crippen LogP contribution in [0.5, 0.6) is 0 Å². The molecule has 0 heterocycles. The highest BCUT2D eigenvalue weighted by molar-refractivity contribution is 5.84. The second-order valence-corrected chi connectivity index (χ2v) is 2.38. The van der Waals surface area contributed by atoms with Crippen LogP contribution in [0.4, 0.5) is 0 Å². The predicted molar refractivity (Wildman–Crippen MR) is 44.4 cm³/mol. The number of esters is 1. The van der Waals surface area contributed by atoms with Crippen LogP contribution in [0.25, 0.3) is 0 Å². The van der Waals surface area contributed by atoms with Crippen molar-refractivity contribution in [2.75, 3.05) is 13.7 Å². The van der Waals surface area contributed by atoms with Gasteiger partial charge in [0.15, 0.2) is 0 Å². The molecule has 0 spiro atoms. The number of nitrogens with zero attached hydrogens (tertiary/aromatic N) is 1. The highest BCUT2D eigenvalue weighted by atomic mass is 16.5. The minimum atomic E-state index is -0.690. The monoisotopic (exact) mass is 184 g/mol. The molecule has 1 atom stereocenters. The molecule has 0 saturated carbocycles. The van der Waals surface area contributed by atoms with E-state index in [-0.39, 0.29) is 6.54 Å². The first-order chi connectivity index (χ1) is 6.15. The molecule has 72 valence electrons. The van der Waals surface area contributed by atoms with E-state index in [2.05, 4.69) is 10.1 Å². The van der Waals surface area contributed by atoms with Gasteiger partial charge in [-0.05, 0) is 6.42 Å². The SMILES string of the molecule is CCC(C#N)C(=O)NCC(=O)OC. The fraction of sp³-hybridized carbons (Fsp3) is 0.625. The first-order valence-electron chi connectivity index (χ1n) is 3.89. The quantitative estimate of drug-likeness (QED) is 0.615. The normalized spacial score (nSPS) is 11.2. The van der Waals surface area contributed by atoms with Crippen molar-refractivity contribution < 1.29 is 14.3 Å². The van der Waals surface area contributed by atoms with Crippen LogP contribution in [0.3, 0.4) is 0 Å². The van der Waals surface area contributed by atoms with E-state index < -0.39 is 17.8 Å². The van der Waals surface area contributed by atoms with Gasteiger partial charge in [-0.25, -0.2) is 0 Å². The molecule has 0 aliphatic carbocycles. The highest BCUT2D eigenvalue weighted by Crippen LogP contribution is 1.99. The van der Waals surface area contributed by atoms with Gasteiger partial charge in [0.1, 0.15) is 12.5 Å². The van der Waals surface area contributed by atoms with E-state index in [1.165, 1.54) is 7.11 Å². The Balaban J connectivity index is 3.88. The first-order valence-corrected chi connectivity index (χ1v) is 3.89. The van der Waals surface area contributed by atoms with Crippen molar-refractivity contribution in [3.05, 3.63) is 0 Å². The molecule has 0 aromatic heterocycles. The number of carbonyl (C=O) groups is 2. The Morgan fingerprint density at radius 2 is 2.23 bits per heavy atom. The number of amides is 1. The topological polar surface area (TPSA) is 79.2 Å². The second kappa shape index (κ2) is 6.00. The van der Waals surface area contributed by atoms with Crippen LogP contribution in [0.2, 0.25) is 0 Å². The zero-order valence-corrected chi connectivity index (χ0v) is 7.66. The van der Waals surface area contributed by atoms with Crippen molar-refractivity contribution in [1.29, 1.82) is 5.26 Å². The van der Waals surface area contributed by atoms with Crippen molar-refractivity contribution in [2.45, 2.75) is 13.3 Å². The standard InChI is InChI=1S/C8H12N2O3/c1-3-6(4-9)8(12)10-5-7(11)13-2/h6H,3,5H2,1-2H3,(H,10,12). The van der Waals surface area contributed by atoms with Crippen molar-refractivity contribution in [1.82, 2.24) is 5.32 Å². The Kier molecular flexibility index (Phi) is 5.28. The van der Waals surface area contributed by atoms with Crippen molar-refractivity contribution >= 4 is 11.9 Å². The van der Waals surface area contributed by atoms with E-state index >= 15 is 0 Å². The van der Waals surface area contributed by atoms with Crippen LogP contribution in [-0.4, -0.2) is 25.5 Å². The molecule has 1 amide bonds. The fourth-order valence-electron chi connectivity index (χ4n) is 0.690. The van der Waals surface area contributed by atoms with Gasteiger partial charge in [-0.2, -0.15) is 5.26 Å². The average molecular weight is 184 g/mol. The van der Waals surface area contributed by atoms with E-state index in [0.717, 1.165) is 0 Å². The molecule has 1 N–H and O–H groups in total. The van der Waals surface area contributed by atoms with E-state index in [1.54, 1.807) is 6.92 Å². The summed E-state index contributed by atoms with van der Waals surface area (Å²) in [4.78, 5) is 21.7. The van der Waals surface area contributed by atoms with Gasteiger partial charge in [-0.15, -0.1) is 0 Å². The largest absolute Gasteiger partial charge is 0.468 e. The average Bonchev–Trinajstić information content (AvgIpc) is 2.16. The summed E-state index contributed by atoms with van der Waals surface area (Å²) in [6.45, 7) is 1.54. The summed E-state index contributed by atoms with van der Waals surface area (Å²) < 4.78 is 4.31. The molecule has 0 rings (SSSR count). The summed E-state index contributed by atoms with van der Waals surface area (Å²) in [7, 11) is 1.23. The number of carbonyl (C=O) groups excluding carboxylic acids is 2. The first kappa shape index (κ1) is 11.4. The number of methoxy groups -OCH3 is 1. The lowest BCUT2D eigenvalue weighted by atomic mass is 10.1. The molecule has 13 heavy (non-hydrogen) atoms. The predicted octanol–water partition coefficient (Wildman–Crippen LogP) is -0.175. The lowest BCUT2D eigenvalue weighted by Gasteiger charge is -2.06. The molecule has 0 bridgehead atoms. The summed E-state index contributed by atoms with van der Waals surface area (Å²) in [6, 6.07) is 1.83.